The Bertz CT molecular complexity index is 575. The highest BCUT2D eigenvalue weighted by atomic mass is 19.1. The molecule has 0 aliphatic heterocycles. The maximum Gasteiger partial charge on any atom is 0.309 e. The Hall–Kier alpha value is -2.50. The molecule has 0 amide bonds. The number of aliphatic carboxylic acids is 1. The van der Waals surface area contributed by atoms with Crippen LogP contribution in [0.2, 0.25) is 0 Å². The number of aromatic nitrogens is 2. The molecule has 0 unspecified atom stereocenters. The molecule has 1 aromatic carbocycles. The first kappa shape index (κ1) is 12.0. The first-order valence-corrected chi connectivity index (χ1v) is 5.10. The van der Waals surface area contributed by atoms with Crippen molar-refractivity contribution in [3.05, 3.63) is 48.2 Å². The molecule has 0 aliphatic carbocycles. The molecule has 0 saturated heterocycles. The van der Waals surface area contributed by atoms with Gasteiger partial charge in [0.25, 0.3) is 0 Å². The topological polar surface area (TPSA) is 72.3 Å². The number of halogens is 1. The van der Waals surface area contributed by atoms with Gasteiger partial charge >= 0.3 is 5.97 Å². The average molecular weight is 248 g/mol. The summed E-state index contributed by atoms with van der Waals surface area (Å²) in [6.45, 7) is 0. The van der Waals surface area contributed by atoms with Crippen molar-refractivity contribution >= 4 is 5.97 Å². The molecule has 0 saturated carbocycles. The molecule has 5 nitrogen and oxygen atoms in total. The number of ether oxygens (including phenoxy) is 1. The molecule has 0 fully saturated rings. The van der Waals surface area contributed by atoms with E-state index in [1.54, 1.807) is 6.07 Å². The van der Waals surface area contributed by atoms with Gasteiger partial charge in [-0.05, 0) is 12.1 Å². The lowest BCUT2D eigenvalue weighted by Crippen LogP contribution is -2.05. The molecule has 0 bridgehead atoms. The minimum Gasteiger partial charge on any atom is -0.481 e. The van der Waals surface area contributed by atoms with Crippen molar-refractivity contribution < 1.29 is 19.0 Å². The molecule has 1 aromatic heterocycles. The molecule has 0 radical (unpaired) electrons. The molecular weight excluding hydrogens is 239 g/mol. The molecular formula is C12H9FN2O3. The van der Waals surface area contributed by atoms with E-state index in [2.05, 4.69) is 9.97 Å². The van der Waals surface area contributed by atoms with Gasteiger partial charge < -0.3 is 9.84 Å². The van der Waals surface area contributed by atoms with E-state index in [1.165, 1.54) is 30.6 Å². The number of rotatable bonds is 4. The number of nitrogens with zero attached hydrogens (tertiary/aromatic N) is 2. The Labute approximate surface area is 102 Å². The maximum atomic E-state index is 13.0. The number of carbonyl (C=O) groups is 1. The number of hydrogen-bond acceptors (Lipinski definition) is 4. The van der Waals surface area contributed by atoms with Crippen molar-refractivity contribution in [2.45, 2.75) is 6.42 Å². The summed E-state index contributed by atoms with van der Waals surface area (Å²) in [5, 5.41) is 8.72. The summed E-state index contributed by atoms with van der Waals surface area (Å²) in [6, 6.07) is 5.49. The molecule has 0 aliphatic rings. The van der Waals surface area contributed by atoms with E-state index in [0.29, 0.717) is 0 Å². The van der Waals surface area contributed by atoms with Gasteiger partial charge in [-0.25, -0.2) is 9.37 Å². The van der Waals surface area contributed by atoms with Gasteiger partial charge in [0.05, 0.1) is 6.42 Å². The Balaban J connectivity index is 2.26. The summed E-state index contributed by atoms with van der Waals surface area (Å²) < 4.78 is 18.3. The van der Waals surface area contributed by atoms with Crippen LogP contribution in [0.5, 0.6) is 11.6 Å². The van der Waals surface area contributed by atoms with Crippen LogP contribution in [-0.2, 0) is 11.2 Å². The Morgan fingerprint density at radius 3 is 2.83 bits per heavy atom. The Kier molecular flexibility index (Phi) is 3.47. The number of carboxylic acids is 1. The minimum absolute atomic E-state index is 0.0606. The van der Waals surface area contributed by atoms with E-state index in [0.717, 1.165) is 0 Å². The predicted octanol–water partition coefficient (Wildman–Crippen LogP) is 2.04. The molecule has 2 rings (SSSR count). The summed E-state index contributed by atoms with van der Waals surface area (Å²) >= 11 is 0. The van der Waals surface area contributed by atoms with Gasteiger partial charge in [0, 0.05) is 18.5 Å². The van der Waals surface area contributed by atoms with Gasteiger partial charge in [0.2, 0.25) is 5.88 Å². The number of carboxylic acid groups (broad SMARTS) is 1. The van der Waals surface area contributed by atoms with Crippen LogP contribution in [0.3, 0.4) is 0 Å². The second-order valence-corrected chi connectivity index (χ2v) is 3.44. The van der Waals surface area contributed by atoms with Crippen molar-refractivity contribution in [3.8, 4) is 11.6 Å². The number of benzene rings is 1. The van der Waals surface area contributed by atoms with E-state index in [9.17, 15) is 9.18 Å². The molecule has 0 spiro atoms. The second kappa shape index (κ2) is 5.22. The van der Waals surface area contributed by atoms with Crippen molar-refractivity contribution in [2.75, 3.05) is 0 Å². The van der Waals surface area contributed by atoms with E-state index in [-0.39, 0.29) is 23.7 Å². The lowest BCUT2D eigenvalue weighted by Gasteiger charge is -2.07. The predicted molar refractivity (Wildman–Crippen MR) is 59.8 cm³/mol. The first-order valence-electron chi connectivity index (χ1n) is 5.10. The van der Waals surface area contributed by atoms with Crippen LogP contribution < -0.4 is 4.74 Å². The van der Waals surface area contributed by atoms with Crippen LogP contribution in [0.1, 0.15) is 5.69 Å². The van der Waals surface area contributed by atoms with Crippen LogP contribution in [0.15, 0.2) is 36.7 Å². The van der Waals surface area contributed by atoms with Gasteiger partial charge in [-0.1, -0.05) is 6.07 Å². The highest BCUT2D eigenvalue weighted by Crippen LogP contribution is 2.22. The third kappa shape index (κ3) is 3.00. The van der Waals surface area contributed by atoms with Crippen molar-refractivity contribution in [1.82, 2.24) is 9.97 Å². The normalized spacial score (nSPS) is 10.1. The molecule has 0 atom stereocenters. The summed E-state index contributed by atoms with van der Waals surface area (Å²) in [7, 11) is 0. The van der Waals surface area contributed by atoms with Crippen molar-refractivity contribution in [3.63, 3.8) is 0 Å². The zero-order chi connectivity index (χ0) is 13.0. The maximum absolute atomic E-state index is 13.0. The largest absolute Gasteiger partial charge is 0.481 e. The van der Waals surface area contributed by atoms with Crippen molar-refractivity contribution in [2.24, 2.45) is 0 Å². The third-order valence-electron chi connectivity index (χ3n) is 2.06. The van der Waals surface area contributed by atoms with Crippen LogP contribution in [-0.4, -0.2) is 21.0 Å². The third-order valence-corrected chi connectivity index (χ3v) is 2.06. The quantitative estimate of drug-likeness (QED) is 0.896. The Morgan fingerprint density at radius 2 is 2.11 bits per heavy atom. The summed E-state index contributed by atoms with van der Waals surface area (Å²) in [5.74, 6) is -1.19. The zero-order valence-electron chi connectivity index (χ0n) is 9.21. The second-order valence-electron chi connectivity index (χ2n) is 3.44. The zero-order valence-corrected chi connectivity index (χ0v) is 9.21. The van der Waals surface area contributed by atoms with Crippen molar-refractivity contribution in [1.29, 1.82) is 0 Å². The standard InChI is InChI=1S/C12H9FN2O3/c13-8-2-1-3-9(6-8)18-12-10(7-11(16)17)14-4-5-15-12/h1-6H,7H2,(H,16,17). The van der Waals surface area contributed by atoms with Gasteiger partial charge in [-0.3, -0.25) is 9.78 Å². The van der Waals surface area contributed by atoms with Crippen LogP contribution in [0.4, 0.5) is 4.39 Å². The van der Waals surface area contributed by atoms with Crippen LogP contribution >= 0.6 is 0 Å². The SMILES string of the molecule is O=C(O)Cc1nccnc1Oc1cccc(F)c1. The lowest BCUT2D eigenvalue weighted by atomic mass is 10.3. The minimum atomic E-state index is -1.04. The number of hydrogen-bond donors (Lipinski definition) is 1. The van der Waals surface area contributed by atoms with Crippen LogP contribution in [0, 0.1) is 5.82 Å². The fourth-order valence-corrected chi connectivity index (χ4v) is 1.35. The molecule has 1 heterocycles. The van der Waals surface area contributed by atoms with E-state index in [1.807, 2.05) is 0 Å². The molecule has 92 valence electrons. The smallest absolute Gasteiger partial charge is 0.309 e. The first-order chi connectivity index (χ1) is 8.65. The fourth-order valence-electron chi connectivity index (χ4n) is 1.35. The molecule has 6 heteroatoms. The van der Waals surface area contributed by atoms with E-state index >= 15 is 0 Å². The van der Waals surface area contributed by atoms with Gasteiger partial charge in [-0.2, -0.15) is 0 Å². The molecule has 18 heavy (non-hydrogen) atoms. The molecule has 2 aromatic rings. The summed E-state index contributed by atoms with van der Waals surface area (Å²) in [5.41, 5.74) is 0.189. The Morgan fingerprint density at radius 1 is 1.33 bits per heavy atom. The van der Waals surface area contributed by atoms with Gasteiger partial charge in [0.1, 0.15) is 17.3 Å². The van der Waals surface area contributed by atoms with Crippen LogP contribution in [0.25, 0.3) is 0 Å². The van der Waals surface area contributed by atoms with E-state index < -0.39 is 11.8 Å². The average Bonchev–Trinajstić information content (AvgIpc) is 2.31. The highest BCUT2D eigenvalue weighted by molar-refractivity contribution is 5.70. The van der Waals surface area contributed by atoms with E-state index in [4.69, 9.17) is 9.84 Å². The monoisotopic (exact) mass is 248 g/mol. The van der Waals surface area contributed by atoms with Gasteiger partial charge in [0.15, 0.2) is 0 Å². The fraction of sp³-hybridized carbons (Fsp3) is 0.0833. The lowest BCUT2D eigenvalue weighted by molar-refractivity contribution is -0.136. The summed E-state index contributed by atoms with van der Waals surface area (Å²) in [4.78, 5) is 18.4. The molecule has 1 N–H and O–H groups in total. The summed E-state index contributed by atoms with van der Waals surface area (Å²) in [6.07, 6.45) is 2.44. The highest BCUT2D eigenvalue weighted by Gasteiger charge is 2.11. The van der Waals surface area contributed by atoms with Gasteiger partial charge in [-0.15, -0.1) is 0 Å².